The standard InChI is InChI=1S/C8H5FN4O3/c9-4-1-11-13(3-4)8-10-2-5(7(15)16)6(14)12-8/h1-3H,(H,15,16)(H,10,12,14). The molecule has 2 aromatic heterocycles. The number of carboxylic acids is 1. The number of H-pyrrole nitrogens is 1. The van der Waals surface area contributed by atoms with E-state index in [-0.39, 0.29) is 5.95 Å². The van der Waals surface area contributed by atoms with E-state index in [0.29, 0.717) is 0 Å². The van der Waals surface area contributed by atoms with Gasteiger partial charge in [-0.3, -0.25) is 9.78 Å². The lowest BCUT2D eigenvalue weighted by Gasteiger charge is -1.99. The SMILES string of the molecule is O=C(O)c1cnc(-n2cc(F)cn2)[nH]c1=O. The van der Waals surface area contributed by atoms with E-state index in [9.17, 15) is 14.0 Å². The number of nitrogens with zero attached hydrogens (tertiary/aromatic N) is 3. The molecule has 8 heteroatoms. The number of hydrogen-bond acceptors (Lipinski definition) is 4. The number of hydrogen-bond donors (Lipinski definition) is 2. The molecule has 82 valence electrons. The molecule has 0 aromatic carbocycles. The van der Waals surface area contributed by atoms with Crippen molar-refractivity contribution in [1.29, 1.82) is 0 Å². The first-order chi connectivity index (χ1) is 7.58. The minimum absolute atomic E-state index is 0.0566. The first kappa shape index (κ1) is 10.0. The summed E-state index contributed by atoms with van der Waals surface area (Å²) in [6.45, 7) is 0. The van der Waals surface area contributed by atoms with Crippen LogP contribution in [0.5, 0.6) is 0 Å². The Morgan fingerprint density at radius 1 is 1.50 bits per heavy atom. The lowest BCUT2D eigenvalue weighted by atomic mass is 10.3. The van der Waals surface area contributed by atoms with Gasteiger partial charge < -0.3 is 5.11 Å². The maximum absolute atomic E-state index is 12.6. The molecule has 0 saturated carbocycles. The van der Waals surface area contributed by atoms with Crippen molar-refractivity contribution < 1.29 is 14.3 Å². The van der Waals surface area contributed by atoms with Gasteiger partial charge in [0.1, 0.15) is 5.56 Å². The largest absolute Gasteiger partial charge is 0.477 e. The lowest BCUT2D eigenvalue weighted by molar-refractivity contribution is 0.0694. The van der Waals surface area contributed by atoms with Gasteiger partial charge in [0.05, 0.1) is 18.6 Å². The third kappa shape index (κ3) is 1.67. The molecule has 0 bridgehead atoms. The smallest absolute Gasteiger partial charge is 0.342 e. The van der Waals surface area contributed by atoms with Crippen molar-refractivity contribution in [3.05, 3.63) is 40.3 Å². The molecule has 7 nitrogen and oxygen atoms in total. The third-order valence-electron chi connectivity index (χ3n) is 1.78. The van der Waals surface area contributed by atoms with E-state index in [4.69, 9.17) is 5.11 Å². The highest BCUT2D eigenvalue weighted by atomic mass is 19.1. The summed E-state index contributed by atoms with van der Waals surface area (Å²) in [6.07, 6.45) is 2.82. The van der Waals surface area contributed by atoms with Crippen molar-refractivity contribution in [1.82, 2.24) is 19.7 Å². The van der Waals surface area contributed by atoms with Crippen LogP contribution in [-0.2, 0) is 0 Å². The maximum atomic E-state index is 12.6. The van der Waals surface area contributed by atoms with Crippen molar-refractivity contribution >= 4 is 5.97 Å². The Kier molecular flexibility index (Phi) is 2.24. The molecular formula is C8H5FN4O3. The van der Waals surface area contributed by atoms with Gasteiger partial charge in [0.15, 0.2) is 5.82 Å². The van der Waals surface area contributed by atoms with E-state index in [1.807, 2.05) is 0 Å². The van der Waals surface area contributed by atoms with Crippen LogP contribution in [0.3, 0.4) is 0 Å². The zero-order valence-corrected chi connectivity index (χ0v) is 7.72. The molecule has 0 amide bonds. The molecule has 0 aliphatic heterocycles. The van der Waals surface area contributed by atoms with Crippen molar-refractivity contribution in [2.45, 2.75) is 0 Å². The summed E-state index contributed by atoms with van der Waals surface area (Å²) in [7, 11) is 0. The number of aromatic carboxylic acids is 1. The maximum Gasteiger partial charge on any atom is 0.342 e. The monoisotopic (exact) mass is 224 g/mol. The van der Waals surface area contributed by atoms with E-state index in [1.54, 1.807) is 0 Å². The summed E-state index contributed by atoms with van der Waals surface area (Å²) in [4.78, 5) is 27.6. The molecule has 0 aliphatic rings. The van der Waals surface area contributed by atoms with Crippen molar-refractivity contribution in [3.8, 4) is 5.95 Å². The number of halogens is 1. The summed E-state index contributed by atoms with van der Waals surface area (Å²) in [5.41, 5.74) is -1.32. The molecule has 16 heavy (non-hydrogen) atoms. The van der Waals surface area contributed by atoms with Gasteiger partial charge in [-0.25, -0.2) is 18.9 Å². The van der Waals surface area contributed by atoms with Crippen LogP contribution in [0, 0.1) is 5.82 Å². The van der Waals surface area contributed by atoms with Crippen molar-refractivity contribution in [2.75, 3.05) is 0 Å². The van der Waals surface area contributed by atoms with Gasteiger partial charge in [-0.2, -0.15) is 5.10 Å². The van der Waals surface area contributed by atoms with Gasteiger partial charge in [-0.05, 0) is 0 Å². The van der Waals surface area contributed by atoms with Crippen molar-refractivity contribution in [3.63, 3.8) is 0 Å². The summed E-state index contributed by atoms with van der Waals surface area (Å²) < 4.78 is 13.6. The topological polar surface area (TPSA) is 101 Å². The number of rotatable bonds is 2. The van der Waals surface area contributed by atoms with Crippen LogP contribution in [0.2, 0.25) is 0 Å². The molecule has 2 heterocycles. The zero-order valence-electron chi connectivity index (χ0n) is 7.72. The fourth-order valence-electron chi connectivity index (χ4n) is 1.07. The van der Waals surface area contributed by atoms with Crippen LogP contribution in [0.15, 0.2) is 23.4 Å². The second-order valence-corrected chi connectivity index (χ2v) is 2.86. The molecule has 0 aliphatic carbocycles. The molecular weight excluding hydrogens is 219 g/mol. The van der Waals surface area contributed by atoms with Gasteiger partial charge in [-0.15, -0.1) is 0 Å². The Morgan fingerprint density at radius 3 is 2.75 bits per heavy atom. The Bertz CT molecular complexity index is 603. The molecule has 0 unspecified atom stereocenters. The Balaban J connectivity index is 2.50. The van der Waals surface area contributed by atoms with Crippen LogP contribution in [0.25, 0.3) is 5.95 Å². The number of aromatic amines is 1. The van der Waals surface area contributed by atoms with Gasteiger partial charge in [-0.1, -0.05) is 0 Å². The third-order valence-corrected chi connectivity index (χ3v) is 1.78. The summed E-state index contributed by atoms with van der Waals surface area (Å²) in [5, 5.41) is 12.2. The van der Waals surface area contributed by atoms with Crippen LogP contribution in [0.1, 0.15) is 10.4 Å². The summed E-state index contributed by atoms with van der Waals surface area (Å²) >= 11 is 0. The molecule has 2 N–H and O–H groups in total. The first-order valence-corrected chi connectivity index (χ1v) is 4.11. The highest BCUT2D eigenvalue weighted by Gasteiger charge is 2.10. The van der Waals surface area contributed by atoms with E-state index in [0.717, 1.165) is 23.3 Å². The highest BCUT2D eigenvalue weighted by molar-refractivity contribution is 5.86. The average Bonchev–Trinajstić information content (AvgIpc) is 2.64. The first-order valence-electron chi connectivity index (χ1n) is 4.11. The predicted molar refractivity (Wildman–Crippen MR) is 48.9 cm³/mol. The summed E-state index contributed by atoms with van der Waals surface area (Å²) in [6, 6.07) is 0. The minimum Gasteiger partial charge on any atom is -0.477 e. The Morgan fingerprint density at radius 2 is 2.25 bits per heavy atom. The van der Waals surface area contributed by atoms with Crippen LogP contribution in [-0.4, -0.2) is 30.8 Å². The number of nitrogens with one attached hydrogen (secondary N) is 1. The predicted octanol–water partition coefficient (Wildman–Crippen LogP) is -0.207. The van der Waals surface area contributed by atoms with E-state index in [2.05, 4.69) is 15.1 Å². The molecule has 0 fully saturated rings. The minimum atomic E-state index is -1.38. The highest BCUT2D eigenvalue weighted by Crippen LogP contribution is 1.99. The molecule has 0 atom stereocenters. The molecule has 0 saturated heterocycles. The average molecular weight is 224 g/mol. The van der Waals surface area contributed by atoms with Gasteiger partial charge in [0.25, 0.3) is 5.56 Å². The summed E-state index contributed by atoms with van der Waals surface area (Å²) in [5.74, 6) is -2.03. The van der Waals surface area contributed by atoms with E-state index in [1.165, 1.54) is 0 Å². The van der Waals surface area contributed by atoms with Crippen LogP contribution in [0.4, 0.5) is 4.39 Å². The van der Waals surface area contributed by atoms with E-state index < -0.39 is 22.9 Å². The van der Waals surface area contributed by atoms with Gasteiger partial charge >= 0.3 is 5.97 Å². The Labute approximate surface area is 87.2 Å². The van der Waals surface area contributed by atoms with Crippen LogP contribution >= 0.6 is 0 Å². The van der Waals surface area contributed by atoms with Gasteiger partial charge in [0.2, 0.25) is 5.95 Å². The normalized spacial score (nSPS) is 10.3. The number of aromatic nitrogens is 4. The van der Waals surface area contributed by atoms with Gasteiger partial charge in [0, 0.05) is 0 Å². The van der Waals surface area contributed by atoms with E-state index >= 15 is 0 Å². The lowest BCUT2D eigenvalue weighted by Crippen LogP contribution is -2.20. The molecule has 0 spiro atoms. The number of carboxylic acid groups (broad SMARTS) is 1. The quantitative estimate of drug-likeness (QED) is 0.735. The fourth-order valence-corrected chi connectivity index (χ4v) is 1.07. The molecule has 2 rings (SSSR count). The zero-order chi connectivity index (χ0) is 11.7. The fraction of sp³-hybridized carbons (Fsp3) is 0. The second-order valence-electron chi connectivity index (χ2n) is 2.86. The second kappa shape index (κ2) is 3.57. The Hall–Kier alpha value is -2.51. The molecule has 0 radical (unpaired) electrons. The van der Waals surface area contributed by atoms with Crippen LogP contribution < -0.4 is 5.56 Å². The van der Waals surface area contributed by atoms with Crippen molar-refractivity contribution in [2.24, 2.45) is 0 Å². The molecule has 2 aromatic rings. The number of carbonyl (C=O) groups is 1.